The lowest BCUT2D eigenvalue weighted by atomic mass is 9.96. The Morgan fingerprint density at radius 2 is 1.84 bits per heavy atom. The third kappa shape index (κ3) is 4.71. The van der Waals surface area contributed by atoms with Gasteiger partial charge in [-0.25, -0.2) is 0 Å². The molecule has 2 aromatic rings. The maximum Gasteiger partial charge on any atom is 0.254 e. The summed E-state index contributed by atoms with van der Waals surface area (Å²) in [5.74, 6) is 0.559. The third-order valence-electron chi connectivity index (χ3n) is 6.89. The van der Waals surface area contributed by atoms with E-state index in [4.69, 9.17) is 0 Å². The zero-order valence-electron chi connectivity index (χ0n) is 18.4. The van der Waals surface area contributed by atoms with Crippen molar-refractivity contribution in [2.45, 2.75) is 38.3 Å². The molecule has 0 saturated heterocycles. The van der Waals surface area contributed by atoms with E-state index >= 15 is 0 Å². The van der Waals surface area contributed by atoms with Gasteiger partial charge in [0.1, 0.15) is 0 Å². The summed E-state index contributed by atoms with van der Waals surface area (Å²) >= 11 is 0. The molecule has 0 spiro atoms. The van der Waals surface area contributed by atoms with Crippen LogP contribution < -0.4 is 5.32 Å². The van der Waals surface area contributed by atoms with Crippen LogP contribution in [0.25, 0.3) is 0 Å². The third-order valence-corrected chi connectivity index (χ3v) is 6.89. The fourth-order valence-electron chi connectivity index (χ4n) is 4.85. The van der Waals surface area contributed by atoms with Gasteiger partial charge in [-0.2, -0.15) is 0 Å². The van der Waals surface area contributed by atoms with Crippen LogP contribution in [0, 0.1) is 5.92 Å². The monoisotopic (exact) mass is 433 g/mol. The number of carbonyl (C=O) groups excluding carboxylic acids is 2. The van der Waals surface area contributed by atoms with E-state index in [1.54, 1.807) is 12.1 Å². The number of aliphatic hydroxyl groups excluding tert-OH is 1. The summed E-state index contributed by atoms with van der Waals surface area (Å²) in [5, 5.41) is 13.3. The molecule has 0 aromatic heterocycles. The smallest absolute Gasteiger partial charge is 0.254 e. The van der Waals surface area contributed by atoms with E-state index in [2.05, 4.69) is 34.5 Å². The Bertz CT molecular complexity index is 1020. The zero-order valence-corrected chi connectivity index (χ0v) is 18.4. The van der Waals surface area contributed by atoms with Crippen LogP contribution in [0.2, 0.25) is 0 Å². The van der Waals surface area contributed by atoms with E-state index < -0.39 is 6.10 Å². The molecule has 3 aliphatic rings. The summed E-state index contributed by atoms with van der Waals surface area (Å²) < 4.78 is 0. The Morgan fingerprint density at radius 1 is 1.06 bits per heavy atom. The van der Waals surface area contributed by atoms with Crippen molar-refractivity contribution in [3.8, 4) is 0 Å². The fraction of sp³-hybridized carbons (Fsp3) is 0.462. The molecule has 6 nitrogen and oxygen atoms in total. The summed E-state index contributed by atoms with van der Waals surface area (Å²) in [4.78, 5) is 29.6. The van der Waals surface area contributed by atoms with Crippen molar-refractivity contribution in [3.05, 3.63) is 70.3 Å². The van der Waals surface area contributed by atoms with Crippen LogP contribution in [0.15, 0.2) is 42.5 Å². The molecule has 1 atom stereocenters. The number of nitrogens with one attached hydrogen (secondary N) is 1. The van der Waals surface area contributed by atoms with E-state index in [9.17, 15) is 14.7 Å². The van der Waals surface area contributed by atoms with Crippen LogP contribution in [0.4, 0.5) is 0 Å². The lowest BCUT2D eigenvalue weighted by molar-refractivity contribution is 0.0730. The highest BCUT2D eigenvalue weighted by Crippen LogP contribution is 2.31. The second kappa shape index (κ2) is 9.04. The highest BCUT2D eigenvalue weighted by molar-refractivity contribution is 5.99. The summed E-state index contributed by atoms with van der Waals surface area (Å²) in [6.07, 6.45) is 3.61. The SMILES string of the molecule is O=C(NC[C@H](O)CN1CCc2ccccc2C1)c1ccc2c(c1)CCN(CC1CC1)C2=O. The van der Waals surface area contributed by atoms with Gasteiger partial charge >= 0.3 is 0 Å². The molecule has 0 radical (unpaired) electrons. The van der Waals surface area contributed by atoms with Crippen LogP contribution in [-0.4, -0.2) is 65.5 Å². The second-order valence-corrected chi connectivity index (χ2v) is 9.43. The first kappa shape index (κ1) is 21.2. The molecule has 0 bridgehead atoms. The molecule has 6 heteroatoms. The lowest BCUT2D eigenvalue weighted by Crippen LogP contribution is -2.42. The van der Waals surface area contributed by atoms with Crippen LogP contribution in [0.1, 0.15) is 50.2 Å². The number of benzene rings is 2. The molecule has 2 N–H and O–H groups in total. The molecule has 1 aliphatic carbocycles. The predicted octanol–water partition coefficient (Wildman–Crippen LogP) is 2.24. The summed E-state index contributed by atoms with van der Waals surface area (Å²) in [6, 6.07) is 13.8. The molecule has 1 saturated carbocycles. The highest BCUT2D eigenvalue weighted by Gasteiger charge is 2.30. The number of aliphatic hydroxyl groups is 1. The van der Waals surface area contributed by atoms with E-state index in [0.29, 0.717) is 18.0 Å². The summed E-state index contributed by atoms with van der Waals surface area (Å²) in [5.41, 5.74) is 4.91. The Kier molecular flexibility index (Phi) is 5.98. The van der Waals surface area contributed by atoms with Gasteiger partial charge in [0.05, 0.1) is 6.10 Å². The van der Waals surface area contributed by atoms with E-state index in [1.165, 1.54) is 24.0 Å². The first-order valence-corrected chi connectivity index (χ1v) is 11.7. The minimum atomic E-state index is -0.626. The molecular weight excluding hydrogens is 402 g/mol. The van der Waals surface area contributed by atoms with Gasteiger partial charge in [0, 0.05) is 50.4 Å². The number of amides is 2. The van der Waals surface area contributed by atoms with Crippen molar-refractivity contribution in [1.82, 2.24) is 15.1 Å². The molecule has 2 aliphatic heterocycles. The summed E-state index contributed by atoms with van der Waals surface area (Å²) in [6.45, 7) is 4.08. The molecule has 32 heavy (non-hydrogen) atoms. The average Bonchev–Trinajstić information content (AvgIpc) is 3.63. The molecule has 168 valence electrons. The minimum Gasteiger partial charge on any atom is -0.390 e. The molecule has 2 aromatic carbocycles. The van der Waals surface area contributed by atoms with Crippen molar-refractivity contribution in [3.63, 3.8) is 0 Å². The lowest BCUT2D eigenvalue weighted by Gasteiger charge is -2.30. The van der Waals surface area contributed by atoms with Crippen molar-refractivity contribution in [2.24, 2.45) is 5.92 Å². The second-order valence-electron chi connectivity index (χ2n) is 9.43. The van der Waals surface area contributed by atoms with Gasteiger partial charge < -0.3 is 15.3 Å². The maximum absolute atomic E-state index is 12.7. The van der Waals surface area contributed by atoms with Gasteiger partial charge in [-0.3, -0.25) is 14.5 Å². The standard InChI is InChI=1S/C26H31N3O3/c30-23(17-28-11-9-19-3-1-2-4-22(19)16-28)14-27-25(31)21-7-8-24-20(13-21)10-12-29(26(24)32)15-18-5-6-18/h1-4,7-8,13,18,23,30H,5-6,9-12,14-17H2,(H,27,31)/t23-/m0/s1. The summed E-state index contributed by atoms with van der Waals surface area (Å²) in [7, 11) is 0. The topological polar surface area (TPSA) is 72.9 Å². The average molecular weight is 434 g/mol. The predicted molar refractivity (Wildman–Crippen MR) is 123 cm³/mol. The first-order valence-electron chi connectivity index (χ1n) is 11.7. The molecule has 1 fully saturated rings. The minimum absolute atomic E-state index is 0.0867. The van der Waals surface area contributed by atoms with Crippen molar-refractivity contribution in [2.75, 3.05) is 32.7 Å². The number of fused-ring (bicyclic) bond motifs is 2. The van der Waals surface area contributed by atoms with E-state index in [-0.39, 0.29) is 18.4 Å². The van der Waals surface area contributed by atoms with E-state index in [0.717, 1.165) is 50.1 Å². The number of carbonyl (C=O) groups is 2. The van der Waals surface area contributed by atoms with Crippen molar-refractivity contribution >= 4 is 11.8 Å². The fourth-order valence-corrected chi connectivity index (χ4v) is 4.85. The van der Waals surface area contributed by atoms with Gasteiger partial charge in [-0.05, 0) is 66.5 Å². The van der Waals surface area contributed by atoms with Crippen molar-refractivity contribution in [1.29, 1.82) is 0 Å². The Balaban J connectivity index is 1.13. The van der Waals surface area contributed by atoms with Gasteiger partial charge in [0.2, 0.25) is 0 Å². The van der Waals surface area contributed by atoms with Crippen LogP contribution >= 0.6 is 0 Å². The molecule has 2 amide bonds. The Labute approximate surface area is 189 Å². The van der Waals surface area contributed by atoms with Crippen molar-refractivity contribution < 1.29 is 14.7 Å². The molecule has 5 rings (SSSR count). The molecule has 2 heterocycles. The number of hydrogen-bond donors (Lipinski definition) is 2. The van der Waals surface area contributed by atoms with Crippen LogP contribution in [0.3, 0.4) is 0 Å². The molecular formula is C26H31N3O3. The number of hydrogen-bond acceptors (Lipinski definition) is 4. The van der Waals surface area contributed by atoms with Gasteiger partial charge in [0.15, 0.2) is 0 Å². The Morgan fingerprint density at radius 3 is 2.66 bits per heavy atom. The number of rotatable bonds is 7. The van der Waals surface area contributed by atoms with E-state index in [1.807, 2.05) is 11.0 Å². The van der Waals surface area contributed by atoms with Gasteiger partial charge in [0.25, 0.3) is 11.8 Å². The molecule has 0 unspecified atom stereocenters. The zero-order chi connectivity index (χ0) is 22.1. The Hall–Kier alpha value is -2.70. The van der Waals surface area contributed by atoms with Crippen LogP contribution in [-0.2, 0) is 19.4 Å². The van der Waals surface area contributed by atoms with Crippen LogP contribution in [0.5, 0.6) is 0 Å². The highest BCUT2D eigenvalue weighted by atomic mass is 16.3. The maximum atomic E-state index is 12.7. The van der Waals surface area contributed by atoms with Gasteiger partial charge in [-0.1, -0.05) is 24.3 Å². The quantitative estimate of drug-likeness (QED) is 0.703. The first-order chi connectivity index (χ1) is 15.6. The largest absolute Gasteiger partial charge is 0.390 e. The number of nitrogens with zero attached hydrogens (tertiary/aromatic N) is 2. The number of β-amino-alcohol motifs (C(OH)–C–C–N with tert-alkyl or cyclic N) is 1. The van der Waals surface area contributed by atoms with Gasteiger partial charge in [-0.15, -0.1) is 0 Å². The normalized spacial score (nSPS) is 19.3.